The van der Waals surface area contributed by atoms with Gasteiger partial charge in [-0.1, -0.05) is 27.7 Å². The van der Waals surface area contributed by atoms with E-state index in [0.717, 1.165) is 6.54 Å². The van der Waals surface area contributed by atoms with Crippen molar-refractivity contribution in [2.75, 3.05) is 19.7 Å². The number of aliphatic hydroxyl groups is 1. The fourth-order valence-electron chi connectivity index (χ4n) is 1.64. The molecule has 0 aromatic heterocycles. The van der Waals surface area contributed by atoms with Crippen LogP contribution in [0, 0.1) is 22.7 Å². The smallest absolute Gasteiger partial charge is 0.119 e. The van der Waals surface area contributed by atoms with Gasteiger partial charge in [-0.25, -0.2) is 0 Å². The van der Waals surface area contributed by atoms with E-state index in [4.69, 9.17) is 10.00 Å². The van der Waals surface area contributed by atoms with Gasteiger partial charge in [0.2, 0.25) is 0 Å². The van der Waals surface area contributed by atoms with Crippen molar-refractivity contribution in [3.05, 3.63) is 29.8 Å². The van der Waals surface area contributed by atoms with Crippen molar-refractivity contribution in [1.82, 2.24) is 5.32 Å². The molecular formula is C17H26N2O2. The minimum Gasteiger partial charge on any atom is -0.491 e. The summed E-state index contributed by atoms with van der Waals surface area (Å²) in [7, 11) is 0. The van der Waals surface area contributed by atoms with E-state index < -0.39 is 6.10 Å². The number of rotatable bonds is 8. The van der Waals surface area contributed by atoms with E-state index in [1.807, 2.05) is 0 Å². The summed E-state index contributed by atoms with van der Waals surface area (Å²) in [6, 6.07) is 8.93. The van der Waals surface area contributed by atoms with Crippen molar-refractivity contribution in [1.29, 1.82) is 5.26 Å². The normalized spacial score (nSPS) is 13.0. The standard InChI is InChI=1S/C17H26N2O2/c1-13(2)17(3,4)12-19-10-15(20)11-21-16-7-5-14(9-18)6-8-16/h5-8,13,15,19-20H,10-12H2,1-4H3. The minimum absolute atomic E-state index is 0.202. The summed E-state index contributed by atoms with van der Waals surface area (Å²) >= 11 is 0. The third-order valence-electron chi connectivity index (χ3n) is 3.95. The maximum absolute atomic E-state index is 9.91. The lowest BCUT2D eigenvalue weighted by atomic mass is 9.81. The van der Waals surface area contributed by atoms with Gasteiger partial charge in [0, 0.05) is 13.1 Å². The highest BCUT2D eigenvalue weighted by molar-refractivity contribution is 5.34. The van der Waals surface area contributed by atoms with Gasteiger partial charge in [0.05, 0.1) is 11.6 Å². The molecule has 1 unspecified atom stereocenters. The average molecular weight is 290 g/mol. The molecule has 4 heteroatoms. The molecule has 1 rings (SSSR count). The van der Waals surface area contributed by atoms with Crippen LogP contribution in [0.4, 0.5) is 0 Å². The highest BCUT2D eigenvalue weighted by atomic mass is 16.5. The molecule has 4 nitrogen and oxygen atoms in total. The molecular weight excluding hydrogens is 264 g/mol. The molecule has 1 aromatic carbocycles. The average Bonchev–Trinajstić information content (AvgIpc) is 2.45. The number of hydrogen-bond acceptors (Lipinski definition) is 4. The number of ether oxygens (including phenoxy) is 1. The number of aliphatic hydroxyl groups excluding tert-OH is 1. The van der Waals surface area contributed by atoms with E-state index >= 15 is 0 Å². The van der Waals surface area contributed by atoms with Gasteiger partial charge >= 0.3 is 0 Å². The molecule has 0 aliphatic carbocycles. The molecule has 0 spiro atoms. The van der Waals surface area contributed by atoms with Crippen molar-refractivity contribution in [3.8, 4) is 11.8 Å². The number of hydrogen-bond donors (Lipinski definition) is 2. The second kappa shape index (κ2) is 8.02. The SMILES string of the molecule is CC(C)C(C)(C)CNCC(O)COc1ccc(C#N)cc1. The third-order valence-corrected chi connectivity index (χ3v) is 3.95. The van der Waals surface area contributed by atoms with Crippen LogP contribution in [0.25, 0.3) is 0 Å². The molecule has 0 bridgehead atoms. The van der Waals surface area contributed by atoms with Crippen LogP contribution in [0.1, 0.15) is 33.3 Å². The highest BCUT2D eigenvalue weighted by Gasteiger charge is 2.21. The summed E-state index contributed by atoms with van der Waals surface area (Å²) < 4.78 is 5.50. The van der Waals surface area contributed by atoms with Gasteiger partial charge < -0.3 is 15.2 Å². The second-order valence-corrected chi connectivity index (χ2v) is 6.38. The van der Waals surface area contributed by atoms with E-state index in [9.17, 15) is 5.11 Å². The molecule has 0 aliphatic heterocycles. The Labute approximate surface area is 127 Å². The predicted molar refractivity (Wildman–Crippen MR) is 84.1 cm³/mol. The first-order valence-electron chi connectivity index (χ1n) is 7.37. The van der Waals surface area contributed by atoms with E-state index in [1.165, 1.54) is 0 Å². The van der Waals surface area contributed by atoms with Crippen LogP contribution >= 0.6 is 0 Å². The van der Waals surface area contributed by atoms with Gasteiger partial charge in [-0.3, -0.25) is 0 Å². The molecule has 0 saturated heterocycles. The van der Waals surface area contributed by atoms with E-state index in [0.29, 0.717) is 23.8 Å². The molecule has 116 valence electrons. The third kappa shape index (κ3) is 6.16. The van der Waals surface area contributed by atoms with Gasteiger partial charge in [0.25, 0.3) is 0 Å². The van der Waals surface area contributed by atoms with Crippen molar-refractivity contribution in [2.45, 2.75) is 33.8 Å². The van der Waals surface area contributed by atoms with Crippen LogP contribution in [0.15, 0.2) is 24.3 Å². The Morgan fingerprint density at radius 2 is 1.90 bits per heavy atom. The molecule has 1 atom stereocenters. The fraction of sp³-hybridized carbons (Fsp3) is 0.588. The first-order chi connectivity index (χ1) is 9.85. The van der Waals surface area contributed by atoms with E-state index in [-0.39, 0.29) is 12.0 Å². The molecule has 21 heavy (non-hydrogen) atoms. The summed E-state index contributed by atoms with van der Waals surface area (Å²) in [6.07, 6.45) is -0.552. The van der Waals surface area contributed by atoms with Crippen LogP contribution in [-0.2, 0) is 0 Å². The predicted octanol–water partition coefficient (Wildman–Crippen LogP) is 2.57. The number of nitrogens with one attached hydrogen (secondary N) is 1. The molecule has 1 aromatic rings. The molecule has 0 saturated carbocycles. The van der Waals surface area contributed by atoms with Gasteiger partial charge in [-0.15, -0.1) is 0 Å². The Balaban J connectivity index is 2.28. The van der Waals surface area contributed by atoms with Crippen LogP contribution in [0.2, 0.25) is 0 Å². The van der Waals surface area contributed by atoms with Gasteiger partial charge in [0.15, 0.2) is 0 Å². The molecule has 0 radical (unpaired) electrons. The highest BCUT2D eigenvalue weighted by Crippen LogP contribution is 2.24. The maximum Gasteiger partial charge on any atom is 0.119 e. The zero-order chi connectivity index (χ0) is 15.9. The maximum atomic E-state index is 9.91. The lowest BCUT2D eigenvalue weighted by Gasteiger charge is -2.30. The Morgan fingerprint density at radius 1 is 1.29 bits per heavy atom. The molecule has 0 fully saturated rings. The first-order valence-corrected chi connectivity index (χ1v) is 7.37. The zero-order valence-electron chi connectivity index (χ0n) is 13.4. The van der Waals surface area contributed by atoms with Gasteiger partial charge in [-0.05, 0) is 35.6 Å². The summed E-state index contributed by atoms with van der Waals surface area (Å²) in [4.78, 5) is 0. The summed E-state index contributed by atoms with van der Waals surface area (Å²) in [5.74, 6) is 1.24. The van der Waals surface area contributed by atoms with Crippen molar-refractivity contribution in [3.63, 3.8) is 0 Å². The molecule has 2 N–H and O–H groups in total. The van der Waals surface area contributed by atoms with Gasteiger partial charge in [0.1, 0.15) is 18.5 Å². The Hall–Kier alpha value is -1.57. The number of benzene rings is 1. The molecule has 0 heterocycles. The van der Waals surface area contributed by atoms with Crippen molar-refractivity contribution >= 4 is 0 Å². The lowest BCUT2D eigenvalue weighted by molar-refractivity contribution is 0.101. The van der Waals surface area contributed by atoms with Crippen molar-refractivity contribution < 1.29 is 9.84 Å². The monoisotopic (exact) mass is 290 g/mol. The fourth-order valence-corrected chi connectivity index (χ4v) is 1.64. The summed E-state index contributed by atoms with van der Waals surface area (Å²) in [5, 5.41) is 21.9. The number of nitrogens with zero attached hydrogens (tertiary/aromatic N) is 1. The number of nitriles is 1. The Kier molecular flexibility index (Phi) is 6.67. The molecule has 0 aliphatic rings. The van der Waals surface area contributed by atoms with Crippen LogP contribution in [0.5, 0.6) is 5.75 Å². The van der Waals surface area contributed by atoms with E-state index in [1.54, 1.807) is 24.3 Å². The quantitative estimate of drug-likeness (QED) is 0.772. The largest absolute Gasteiger partial charge is 0.491 e. The van der Waals surface area contributed by atoms with Crippen LogP contribution in [0.3, 0.4) is 0 Å². The van der Waals surface area contributed by atoms with Crippen LogP contribution in [-0.4, -0.2) is 30.9 Å². The molecule has 0 amide bonds. The topological polar surface area (TPSA) is 65.3 Å². The second-order valence-electron chi connectivity index (χ2n) is 6.38. The van der Waals surface area contributed by atoms with Crippen LogP contribution < -0.4 is 10.1 Å². The zero-order valence-corrected chi connectivity index (χ0v) is 13.4. The lowest BCUT2D eigenvalue weighted by Crippen LogP contribution is -2.39. The minimum atomic E-state index is -0.552. The van der Waals surface area contributed by atoms with E-state index in [2.05, 4.69) is 39.1 Å². The Morgan fingerprint density at radius 3 is 2.43 bits per heavy atom. The summed E-state index contributed by atoms with van der Waals surface area (Å²) in [5.41, 5.74) is 0.800. The van der Waals surface area contributed by atoms with Crippen molar-refractivity contribution in [2.24, 2.45) is 11.3 Å². The first kappa shape index (κ1) is 17.5. The summed E-state index contributed by atoms with van der Waals surface area (Å²) in [6.45, 7) is 10.4. The van der Waals surface area contributed by atoms with Gasteiger partial charge in [-0.2, -0.15) is 5.26 Å². The Bertz CT molecular complexity index is 461.